The van der Waals surface area contributed by atoms with E-state index in [-0.39, 0.29) is 6.10 Å². The highest BCUT2D eigenvalue weighted by molar-refractivity contribution is 4.78. The van der Waals surface area contributed by atoms with E-state index in [2.05, 4.69) is 13.8 Å². The van der Waals surface area contributed by atoms with Crippen LogP contribution in [0.1, 0.15) is 59.3 Å². The van der Waals surface area contributed by atoms with Gasteiger partial charge in [-0.15, -0.1) is 0 Å². The highest BCUT2D eigenvalue weighted by Gasteiger charge is 2.26. The van der Waals surface area contributed by atoms with Crippen LogP contribution in [0.2, 0.25) is 0 Å². The van der Waals surface area contributed by atoms with E-state index in [1.54, 1.807) is 0 Å². The Bertz CT molecular complexity index is 136. The van der Waals surface area contributed by atoms with Crippen LogP contribution in [-0.2, 0) is 0 Å². The van der Waals surface area contributed by atoms with Crippen LogP contribution in [0.3, 0.4) is 0 Å². The first-order valence-corrected chi connectivity index (χ1v) is 5.68. The van der Waals surface area contributed by atoms with E-state index >= 15 is 0 Å². The third kappa shape index (κ3) is 4.12. The molecule has 0 aromatic carbocycles. The van der Waals surface area contributed by atoms with Crippen molar-refractivity contribution in [2.45, 2.75) is 65.4 Å². The fourth-order valence-electron chi connectivity index (χ4n) is 2.22. The van der Waals surface area contributed by atoms with E-state index in [0.717, 1.165) is 12.3 Å². The minimum absolute atomic E-state index is 0.102. The number of hydrogen-bond donors (Lipinski definition) is 1. The average molecular weight is 184 g/mol. The van der Waals surface area contributed by atoms with Crippen molar-refractivity contribution in [1.29, 1.82) is 0 Å². The summed E-state index contributed by atoms with van der Waals surface area (Å²) in [5.41, 5.74) is 0.585. The lowest BCUT2D eigenvalue weighted by Gasteiger charge is -2.34. The van der Waals surface area contributed by atoms with Crippen LogP contribution in [-0.4, -0.2) is 11.2 Å². The minimum Gasteiger partial charge on any atom is -0.393 e. The van der Waals surface area contributed by atoms with E-state index < -0.39 is 0 Å². The standard InChI is InChI=1S/C12H24O/c1-10(13)4-5-11-6-8-12(2,3)9-7-11/h10-11,13H,4-9H2,1-3H3/t10-/m0/s1. The molecule has 1 fully saturated rings. The first kappa shape index (κ1) is 11.0. The van der Waals surface area contributed by atoms with Crippen LogP contribution in [0, 0.1) is 11.3 Å². The van der Waals surface area contributed by atoms with Crippen LogP contribution in [0.5, 0.6) is 0 Å². The Morgan fingerprint density at radius 2 is 1.85 bits per heavy atom. The molecule has 0 bridgehead atoms. The smallest absolute Gasteiger partial charge is 0.0512 e. The molecule has 13 heavy (non-hydrogen) atoms. The predicted molar refractivity (Wildman–Crippen MR) is 56.7 cm³/mol. The summed E-state index contributed by atoms with van der Waals surface area (Å²) in [5.74, 6) is 0.891. The third-order valence-electron chi connectivity index (χ3n) is 3.45. The molecular weight excluding hydrogens is 160 g/mol. The van der Waals surface area contributed by atoms with E-state index in [9.17, 15) is 5.11 Å². The number of rotatable bonds is 3. The number of aliphatic hydroxyl groups is 1. The summed E-state index contributed by atoms with van der Waals surface area (Å²) in [6.07, 6.45) is 7.61. The summed E-state index contributed by atoms with van der Waals surface area (Å²) in [6.45, 7) is 6.64. The predicted octanol–water partition coefficient (Wildman–Crippen LogP) is 3.36. The van der Waals surface area contributed by atoms with Crippen molar-refractivity contribution in [2.75, 3.05) is 0 Å². The maximum Gasteiger partial charge on any atom is 0.0512 e. The molecule has 0 radical (unpaired) electrons. The zero-order valence-corrected chi connectivity index (χ0v) is 9.34. The maximum absolute atomic E-state index is 9.19. The lowest BCUT2D eigenvalue weighted by atomic mass is 9.72. The molecule has 78 valence electrons. The molecule has 0 unspecified atom stereocenters. The van der Waals surface area contributed by atoms with Gasteiger partial charge in [0.15, 0.2) is 0 Å². The maximum atomic E-state index is 9.19. The normalized spacial score (nSPS) is 25.8. The largest absolute Gasteiger partial charge is 0.393 e. The van der Waals surface area contributed by atoms with E-state index in [4.69, 9.17) is 0 Å². The molecule has 0 heterocycles. The van der Waals surface area contributed by atoms with Gasteiger partial charge in [-0.3, -0.25) is 0 Å². The monoisotopic (exact) mass is 184 g/mol. The second-order valence-corrected chi connectivity index (χ2v) is 5.53. The fraction of sp³-hybridized carbons (Fsp3) is 1.00. The van der Waals surface area contributed by atoms with E-state index in [1.165, 1.54) is 32.1 Å². The topological polar surface area (TPSA) is 20.2 Å². The van der Waals surface area contributed by atoms with Gasteiger partial charge in [0.25, 0.3) is 0 Å². The second-order valence-electron chi connectivity index (χ2n) is 5.53. The van der Waals surface area contributed by atoms with Gasteiger partial charge in [-0.25, -0.2) is 0 Å². The molecule has 1 aliphatic rings. The number of hydrogen-bond acceptors (Lipinski definition) is 1. The quantitative estimate of drug-likeness (QED) is 0.713. The highest BCUT2D eigenvalue weighted by Crippen LogP contribution is 2.39. The first-order valence-electron chi connectivity index (χ1n) is 5.68. The lowest BCUT2D eigenvalue weighted by Crippen LogP contribution is -2.21. The minimum atomic E-state index is -0.102. The summed E-state index contributed by atoms with van der Waals surface area (Å²) in [6, 6.07) is 0. The van der Waals surface area contributed by atoms with Crippen molar-refractivity contribution in [2.24, 2.45) is 11.3 Å². The van der Waals surface area contributed by atoms with Gasteiger partial charge in [-0.2, -0.15) is 0 Å². The van der Waals surface area contributed by atoms with Crippen LogP contribution in [0.15, 0.2) is 0 Å². The van der Waals surface area contributed by atoms with Crippen molar-refractivity contribution >= 4 is 0 Å². The Hall–Kier alpha value is -0.0400. The SMILES string of the molecule is C[C@H](O)CCC1CCC(C)(C)CC1. The van der Waals surface area contributed by atoms with Gasteiger partial charge in [0.1, 0.15) is 0 Å². The molecule has 1 atom stereocenters. The van der Waals surface area contributed by atoms with Gasteiger partial charge >= 0.3 is 0 Å². The molecule has 0 spiro atoms. The Kier molecular flexibility index (Phi) is 3.78. The molecule has 0 aliphatic heterocycles. The van der Waals surface area contributed by atoms with Gasteiger partial charge in [-0.1, -0.05) is 13.8 Å². The van der Waals surface area contributed by atoms with Gasteiger partial charge in [0.05, 0.1) is 6.10 Å². The highest BCUT2D eigenvalue weighted by atomic mass is 16.3. The molecule has 0 amide bonds. The molecule has 0 aromatic heterocycles. The molecule has 1 rings (SSSR count). The van der Waals surface area contributed by atoms with Crippen LogP contribution < -0.4 is 0 Å². The average Bonchev–Trinajstić information content (AvgIpc) is 2.02. The molecule has 1 aliphatic carbocycles. The Morgan fingerprint density at radius 3 is 2.31 bits per heavy atom. The Morgan fingerprint density at radius 1 is 1.31 bits per heavy atom. The summed E-state index contributed by atoms with van der Waals surface area (Å²) in [4.78, 5) is 0. The summed E-state index contributed by atoms with van der Waals surface area (Å²) >= 11 is 0. The van der Waals surface area contributed by atoms with Crippen LogP contribution >= 0.6 is 0 Å². The second kappa shape index (κ2) is 4.45. The first-order chi connectivity index (χ1) is 5.99. The zero-order valence-electron chi connectivity index (χ0n) is 9.34. The van der Waals surface area contributed by atoms with Gasteiger partial charge in [0, 0.05) is 0 Å². The van der Waals surface area contributed by atoms with E-state index in [1.807, 2.05) is 6.92 Å². The summed E-state index contributed by atoms with van der Waals surface area (Å²) in [7, 11) is 0. The Labute approximate surface area is 82.5 Å². The summed E-state index contributed by atoms with van der Waals surface area (Å²) < 4.78 is 0. The van der Waals surface area contributed by atoms with Crippen molar-refractivity contribution in [1.82, 2.24) is 0 Å². The molecule has 1 saturated carbocycles. The lowest BCUT2D eigenvalue weighted by molar-refractivity contribution is 0.145. The fourth-order valence-corrected chi connectivity index (χ4v) is 2.22. The zero-order chi connectivity index (χ0) is 9.90. The summed E-state index contributed by atoms with van der Waals surface area (Å²) in [5, 5.41) is 9.19. The van der Waals surface area contributed by atoms with Crippen LogP contribution in [0.4, 0.5) is 0 Å². The van der Waals surface area contributed by atoms with Gasteiger partial charge in [0.2, 0.25) is 0 Å². The third-order valence-corrected chi connectivity index (χ3v) is 3.45. The molecule has 1 nitrogen and oxygen atoms in total. The van der Waals surface area contributed by atoms with Gasteiger partial charge < -0.3 is 5.11 Å². The number of aliphatic hydroxyl groups excluding tert-OH is 1. The van der Waals surface area contributed by atoms with Crippen LogP contribution in [0.25, 0.3) is 0 Å². The van der Waals surface area contributed by atoms with Crippen molar-refractivity contribution in [3.8, 4) is 0 Å². The van der Waals surface area contributed by atoms with Crippen molar-refractivity contribution < 1.29 is 5.11 Å². The molecule has 0 saturated heterocycles. The van der Waals surface area contributed by atoms with Crippen molar-refractivity contribution in [3.63, 3.8) is 0 Å². The van der Waals surface area contributed by atoms with E-state index in [0.29, 0.717) is 5.41 Å². The molecule has 1 N–H and O–H groups in total. The molecule has 1 heteroatoms. The molecular formula is C12H24O. The van der Waals surface area contributed by atoms with Crippen molar-refractivity contribution in [3.05, 3.63) is 0 Å². The van der Waals surface area contributed by atoms with Gasteiger partial charge in [-0.05, 0) is 56.8 Å². The Balaban J connectivity index is 2.18. The molecule has 0 aromatic rings.